The molecule has 6 rings (SSSR count). The lowest BCUT2D eigenvalue weighted by molar-refractivity contribution is -0.153. The van der Waals surface area contributed by atoms with E-state index < -0.39 is 41.5 Å². The van der Waals surface area contributed by atoms with Crippen molar-refractivity contribution in [1.82, 2.24) is 15.8 Å². The highest BCUT2D eigenvalue weighted by Gasteiger charge is 2.63. The van der Waals surface area contributed by atoms with E-state index in [-0.39, 0.29) is 41.6 Å². The number of ether oxygens (including phenoxy) is 2. The van der Waals surface area contributed by atoms with Gasteiger partial charge in [0, 0.05) is 6.54 Å². The topological polar surface area (TPSA) is 143 Å². The van der Waals surface area contributed by atoms with E-state index in [4.69, 9.17) is 25.6 Å². The van der Waals surface area contributed by atoms with Crippen molar-refractivity contribution in [3.8, 4) is 0 Å². The lowest BCUT2D eigenvalue weighted by Gasteiger charge is -2.55. The Labute approximate surface area is 203 Å². The van der Waals surface area contributed by atoms with Gasteiger partial charge in [0.2, 0.25) is 11.8 Å². The molecule has 35 heavy (non-hydrogen) atoms. The van der Waals surface area contributed by atoms with Gasteiger partial charge in [-0.15, -0.1) is 0 Å². The number of cyclic esters (lactones) is 1. The van der Waals surface area contributed by atoms with Crippen LogP contribution in [0.3, 0.4) is 0 Å². The number of aromatic nitrogens is 1. The summed E-state index contributed by atoms with van der Waals surface area (Å²) in [6, 6.07) is -0.133. The number of hydrogen-bond donors (Lipinski definition) is 2. The molecule has 1 spiro atoms. The molecule has 0 bridgehead atoms. The van der Waals surface area contributed by atoms with E-state index in [0.717, 1.165) is 0 Å². The van der Waals surface area contributed by atoms with Crippen molar-refractivity contribution < 1.29 is 33.2 Å². The molecule has 2 aromatic rings. The average Bonchev–Trinajstić information content (AvgIpc) is 3.33. The maximum atomic E-state index is 13.3. The Kier molecular flexibility index (Phi) is 4.62. The Morgan fingerprint density at radius 3 is 2.51 bits per heavy atom. The number of fused-ring (bicyclic) bond motifs is 5. The molecule has 4 aliphatic heterocycles. The predicted molar refractivity (Wildman–Crippen MR) is 121 cm³/mol. The van der Waals surface area contributed by atoms with Gasteiger partial charge in [-0.05, 0) is 38.8 Å². The number of carbonyl (C=O) groups is 4. The maximum absolute atomic E-state index is 13.3. The summed E-state index contributed by atoms with van der Waals surface area (Å²) < 4.78 is 16.7. The van der Waals surface area contributed by atoms with Crippen LogP contribution in [0.1, 0.15) is 26.3 Å². The molecule has 0 unspecified atom stereocenters. The number of halogens is 1. The molecule has 0 aliphatic carbocycles. The minimum absolute atomic E-state index is 0.0448. The van der Waals surface area contributed by atoms with Gasteiger partial charge in [0.15, 0.2) is 16.8 Å². The summed E-state index contributed by atoms with van der Waals surface area (Å²) in [4.78, 5) is 54.2. The number of hydrogen-bond acceptors (Lipinski definition) is 9. The Bertz CT molecular complexity index is 1300. The van der Waals surface area contributed by atoms with E-state index >= 15 is 0 Å². The standard InChI is InChI=1S/C22H22ClN5O7/c1-8-7-33-21(32)28(8)17-12-4-11-5-22(18(29)24-20(31)25-19(22)30)16-10(3)34-9(2)6-27(16)14(11)13(23)15(12)35-26-17/h4,8-10,16H,5-7H2,1-3H3,(H2,24,25,29,30,31)/t8-,9+,10-,16+/m0/s1. The van der Waals surface area contributed by atoms with Crippen LogP contribution in [0.15, 0.2) is 10.6 Å². The molecule has 1 aromatic heterocycles. The molecule has 3 fully saturated rings. The highest BCUT2D eigenvalue weighted by Crippen LogP contribution is 2.51. The summed E-state index contributed by atoms with van der Waals surface area (Å²) in [7, 11) is 0. The van der Waals surface area contributed by atoms with Crippen LogP contribution in [0.4, 0.5) is 21.1 Å². The van der Waals surface area contributed by atoms with Gasteiger partial charge >= 0.3 is 12.1 Å². The van der Waals surface area contributed by atoms with Crippen molar-refractivity contribution in [2.45, 2.75) is 51.5 Å². The number of morpholine rings is 1. The predicted octanol–water partition coefficient (Wildman–Crippen LogP) is 1.72. The highest BCUT2D eigenvalue weighted by molar-refractivity contribution is 6.38. The molecule has 13 heteroatoms. The third-order valence-corrected chi connectivity index (χ3v) is 7.61. The van der Waals surface area contributed by atoms with Crippen molar-refractivity contribution in [2.75, 3.05) is 23.0 Å². The summed E-state index contributed by atoms with van der Waals surface area (Å²) in [5.74, 6) is -1.15. The van der Waals surface area contributed by atoms with Crippen LogP contribution in [0, 0.1) is 5.41 Å². The van der Waals surface area contributed by atoms with Crippen molar-refractivity contribution in [3.05, 3.63) is 16.7 Å². The zero-order valence-corrected chi connectivity index (χ0v) is 19.8. The first-order valence-corrected chi connectivity index (χ1v) is 11.7. The third-order valence-electron chi connectivity index (χ3n) is 7.26. The van der Waals surface area contributed by atoms with Crippen LogP contribution in [0.5, 0.6) is 0 Å². The van der Waals surface area contributed by atoms with Gasteiger partial charge in [0.05, 0.1) is 35.4 Å². The van der Waals surface area contributed by atoms with Gasteiger partial charge in [0.25, 0.3) is 0 Å². The van der Waals surface area contributed by atoms with Crippen LogP contribution < -0.4 is 20.4 Å². The lowest BCUT2D eigenvalue weighted by atomic mass is 9.66. The van der Waals surface area contributed by atoms with Crippen LogP contribution in [0.25, 0.3) is 11.0 Å². The van der Waals surface area contributed by atoms with Crippen molar-refractivity contribution >= 4 is 58.0 Å². The molecule has 0 saturated carbocycles. The fraction of sp³-hybridized carbons (Fsp3) is 0.500. The molecule has 1 aromatic carbocycles. The third kappa shape index (κ3) is 2.86. The van der Waals surface area contributed by atoms with Gasteiger partial charge in [0.1, 0.15) is 11.6 Å². The minimum Gasteiger partial charge on any atom is -0.447 e. The number of urea groups is 1. The molecule has 2 N–H and O–H groups in total. The highest BCUT2D eigenvalue weighted by atomic mass is 35.5. The molecule has 184 valence electrons. The average molecular weight is 504 g/mol. The molecule has 4 atom stereocenters. The second kappa shape index (κ2) is 7.31. The van der Waals surface area contributed by atoms with Crippen LogP contribution >= 0.6 is 11.6 Å². The van der Waals surface area contributed by atoms with Crippen molar-refractivity contribution in [1.29, 1.82) is 0 Å². The smallest absolute Gasteiger partial charge is 0.416 e. The molecular formula is C22H22ClN5O7. The molecule has 5 heterocycles. The number of nitrogens with zero attached hydrogens (tertiary/aromatic N) is 3. The van der Waals surface area contributed by atoms with E-state index in [0.29, 0.717) is 23.2 Å². The van der Waals surface area contributed by atoms with Gasteiger partial charge in [-0.25, -0.2) is 9.59 Å². The van der Waals surface area contributed by atoms with Gasteiger partial charge < -0.3 is 18.9 Å². The van der Waals surface area contributed by atoms with Crippen LogP contribution in [0.2, 0.25) is 5.02 Å². The Hall–Kier alpha value is -3.38. The molecule has 4 aliphatic rings. The molecule has 12 nitrogen and oxygen atoms in total. The molecule has 3 saturated heterocycles. The van der Waals surface area contributed by atoms with Gasteiger partial charge in [-0.2, -0.15) is 0 Å². The van der Waals surface area contributed by atoms with Crippen LogP contribution in [-0.2, 0) is 25.5 Å². The quantitative estimate of drug-likeness (QED) is 0.556. The molecule has 0 radical (unpaired) electrons. The second-order valence-electron chi connectivity index (χ2n) is 9.51. The van der Waals surface area contributed by atoms with Gasteiger partial charge in [-0.1, -0.05) is 16.8 Å². The number of imide groups is 2. The first-order valence-electron chi connectivity index (χ1n) is 11.3. The number of carbonyl (C=O) groups excluding carboxylic acids is 4. The number of benzene rings is 1. The van der Waals surface area contributed by atoms with Gasteiger partial charge in [-0.3, -0.25) is 25.1 Å². The van der Waals surface area contributed by atoms with Crippen molar-refractivity contribution in [3.63, 3.8) is 0 Å². The summed E-state index contributed by atoms with van der Waals surface area (Å²) in [6.07, 6.45) is -1.36. The monoisotopic (exact) mass is 503 g/mol. The van der Waals surface area contributed by atoms with E-state index in [1.54, 1.807) is 13.0 Å². The van der Waals surface area contributed by atoms with E-state index in [9.17, 15) is 19.2 Å². The number of anilines is 2. The Balaban J connectivity index is 1.58. The lowest BCUT2D eigenvalue weighted by Crippen LogP contribution is -2.75. The van der Waals surface area contributed by atoms with Crippen molar-refractivity contribution in [2.24, 2.45) is 5.41 Å². The summed E-state index contributed by atoms with van der Waals surface area (Å²) in [5, 5.41) is 9.33. The first-order chi connectivity index (χ1) is 16.6. The zero-order chi connectivity index (χ0) is 24.8. The Morgan fingerprint density at radius 1 is 1.14 bits per heavy atom. The zero-order valence-electron chi connectivity index (χ0n) is 19.1. The second-order valence-corrected chi connectivity index (χ2v) is 9.89. The SMILES string of the molecule is C[C@@H]1CN2c3c(cc4c(N5C(=O)OC[C@@H]5C)noc4c3Cl)CC3(C(=O)NC(=O)NC3=O)[C@H]2[C@H](C)O1. The van der Waals surface area contributed by atoms with E-state index in [1.807, 2.05) is 18.7 Å². The fourth-order valence-corrected chi connectivity index (χ4v) is 6.29. The molecular weight excluding hydrogens is 482 g/mol. The number of barbiturate groups is 1. The number of nitrogens with one attached hydrogen (secondary N) is 2. The number of rotatable bonds is 1. The summed E-state index contributed by atoms with van der Waals surface area (Å²) in [5.41, 5.74) is -0.172. The summed E-state index contributed by atoms with van der Waals surface area (Å²) in [6.45, 7) is 6.04. The first kappa shape index (κ1) is 22.1. The Morgan fingerprint density at radius 2 is 1.86 bits per heavy atom. The summed E-state index contributed by atoms with van der Waals surface area (Å²) >= 11 is 6.88. The minimum atomic E-state index is -1.64. The normalized spacial score (nSPS) is 29.7. The van der Waals surface area contributed by atoms with E-state index in [1.165, 1.54) is 4.90 Å². The van der Waals surface area contributed by atoms with Crippen LogP contribution in [-0.4, -0.2) is 66.5 Å². The van der Waals surface area contributed by atoms with E-state index in [2.05, 4.69) is 15.8 Å². The molecule has 5 amide bonds. The largest absolute Gasteiger partial charge is 0.447 e. The maximum Gasteiger partial charge on any atom is 0.416 e. The fourth-order valence-electron chi connectivity index (χ4n) is 5.92. The number of amides is 5.